The second-order valence-electron chi connectivity index (χ2n) is 7.01. The number of hydrogen-bond donors (Lipinski definition) is 3. The van der Waals surface area contributed by atoms with Gasteiger partial charge in [0.25, 0.3) is 0 Å². The summed E-state index contributed by atoms with van der Waals surface area (Å²) < 4.78 is 0. The van der Waals surface area contributed by atoms with E-state index in [-0.39, 0.29) is 5.91 Å². The Morgan fingerprint density at radius 1 is 0.969 bits per heavy atom. The van der Waals surface area contributed by atoms with E-state index in [2.05, 4.69) is 25.6 Å². The van der Waals surface area contributed by atoms with Crippen LogP contribution in [0.25, 0.3) is 17.3 Å². The Labute approximate surface area is 186 Å². The van der Waals surface area contributed by atoms with Crippen molar-refractivity contribution in [3.05, 3.63) is 103 Å². The predicted molar refractivity (Wildman–Crippen MR) is 128 cm³/mol. The normalized spacial score (nSPS) is 10.8. The fourth-order valence-corrected chi connectivity index (χ4v) is 3.00. The molecular weight excluding hydrogens is 400 g/mol. The van der Waals surface area contributed by atoms with Gasteiger partial charge < -0.3 is 16.4 Å². The standard InChI is InChI=1S/C25H22N6O/c26-21-5-1-2-6-23(21)30-24(32)12-11-18-7-9-19(10-8-18)16-29-25-28-15-13-22(31-25)20-4-3-14-27-17-20/h1-15,17H,16,26H2,(H,30,32)(H,28,29,31)/b12-11+. The zero-order chi connectivity index (χ0) is 22.2. The Balaban J connectivity index is 1.33. The molecule has 1 amide bonds. The van der Waals surface area contributed by atoms with Crippen LogP contribution in [0.1, 0.15) is 11.1 Å². The molecule has 0 fully saturated rings. The Bertz CT molecular complexity index is 1220. The van der Waals surface area contributed by atoms with Crippen molar-refractivity contribution in [3.8, 4) is 11.3 Å². The SMILES string of the molecule is Nc1ccccc1NC(=O)/C=C/c1ccc(CNc2nccc(-c3cccnc3)n2)cc1. The molecule has 0 saturated heterocycles. The molecule has 0 bridgehead atoms. The summed E-state index contributed by atoms with van der Waals surface area (Å²) in [6.07, 6.45) is 8.46. The number of amides is 1. The lowest BCUT2D eigenvalue weighted by atomic mass is 10.1. The molecular formula is C25H22N6O. The van der Waals surface area contributed by atoms with E-state index in [4.69, 9.17) is 5.73 Å². The van der Waals surface area contributed by atoms with E-state index in [1.54, 1.807) is 36.8 Å². The van der Waals surface area contributed by atoms with Crippen molar-refractivity contribution in [2.24, 2.45) is 0 Å². The average Bonchev–Trinajstić information content (AvgIpc) is 2.84. The van der Waals surface area contributed by atoms with Gasteiger partial charge in [-0.1, -0.05) is 36.4 Å². The molecule has 4 aromatic rings. The Morgan fingerprint density at radius 2 is 1.81 bits per heavy atom. The molecule has 7 heteroatoms. The summed E-state index contributed by atoms with van der Waals surface area (Å²) in [5, 5.41) is 6.00. The van der Waals surface area contributed by atoms with E-state index >= 15 is 0 Å². The first-order chi connectivity index (χ1) is 15.7. The van der Waals surface area contributed by atoms with Crippen LogP contribution in [-0.4, -0.2) is 20.9 Å². The Hall–Kier alpha value is -4.52. The number of anilines is 3. The van der Waals surface area contributed by atoms with Crippen molar-refractivity contribution in [2.45, 2.75) is 6.54 Å². The largest absolute Gasteiger partial charge is 0.397 e. The third-order valence-electron chi connectivity index (χ3n) is 4.69. The summed E-state index contributed by atoms with van der Waals surface area (Å²) in [4.78, 5) is 25.1. The van der Waals surface area contributed by atoms with Gasteiger partial charge >= 0.3 is 0 Å². The Kier molecular flexibility index (Phi) is 6.48. The molecule has 2 aromatic carbocycles. The maximum absolute atomic E-state index is 12.1. The van der Waals surface area contributed by atoms with Crippen LogP contribution in [0.3, 0.4) is 0 Å². The lowest BCUT2D eigenvalue weighted by molar-refractivity contribution is -0.111. The van der Waals surface area contributed by atoms with Crippen molar-refractivity contribution in [1.29, 1.82) is 0 Å². The highest BCUT2D eigenvalue weighted by Gasteiger charge is 2.03. The molecule has 0 saturated carbocycles. The minimum atomic E-state index is -0.237. The number of aromatic nitrogens is 3. The van der Waals surface area contributed by atoms with Gasteiger partial charge in [0, 0.05) is 36.8 Å². The van der Waals surface area contributed by atoms with E-state index in [1.807, 2.05) is 54.6 Å². The van der Waals surface area contributed by atoms with Gasteiger partial charge in [0.05, 0.1) is 17.1 Å². The number of carbonyl (C=O) groups excluding carboxylic acids is 1. The summed E-state index contributed by atoms with van der Waals surface area (Å²) in [7, 11) is 0. The Morgan fingerprint density at radius 3 is 2.59 bits per heavy atom. The number of para-hydroxylation sites is 2. The first-order valence-corrected chi connectivity index (χ1v) is 10.1. The van der Waals surface area contributed by atoms with E-state index in [1.165, 1.54) is 6.08 Å². The van der Waals surface area contributed by atoms with Gasteiger partial charge in [-0.2, -0.15) is 0 Å². The molecule has 0 atom stereocenters. The number of nitrogens with one attached hydrogen (secondary N) is 2. The smallest absolute Gasteiger partial charge is 0.248 e. The number of benzene rings is 2. The molecule has 0 aliphatic carbocycles. The minimum Gasteiger partial charge on any atom is -0.397 e. The van der Waals surface area contributed by atoms with Gasteiger partial charge in [-0.25, -0.2) is 9.97 Å². The average molecular weight is 422 g/mol. The summed E-state index contributed by atoms with van der Waals surface area (Å²) in [5.74, 6) is 0.312. The van der Waals surface area contributed by atoms with Crippen molar-refractivity contribution in [2.75, 3.05) is 16.4 Å². The molecule has 0 aliphatic rings. The van der Waals surface area contributed by atoms with E-state index in [9.17, 15) is 4.79 Å². The lowest BCUT2D eigenvalue weighted by Gasteiger charge is -2.07. The molecule has 158 valence electrons. The van der Waals surface area contributed by atoms with Crippen LogP contribution in [0.5, 0.6) is 0 Å². The molecule has 32 heavy (non-hydrogen) atoms. The molecule has 2 aromatic heterocycles. The van der Waals surface area contributed by atoms with Crippen LogP contribution in [0.4, 0.5) is 17.3 Å². The minimum absolute atomic E-state index is 0.237. The first kappa shape index (κ1) is 20.7. The fourth-order valence-electron chi connectivity index (χ4n) is 3.00. The van der Waals surface area contributed by atoms with Gasteiger partial charge in [0.1, 0.15) is 0 Å². The molecule has 0 spiro atoms. The van der Waals surface area contributed by atoms with Gasteiger partial charge in [-0.05, 0) is 47.5 Å². The number of hydrogen-bond acceptors (Lipinski definition) is 6. The van der Waals surface area contributed by atoms with Crippen molar-refractivity contribution in [1.82, 2.24) is 15.0 Å². The summed E-state index contributed by atoms with van der Waals surface area (Å²) in [5.41, 5.74) is 10.7. The molecule has 4 rings (SSSR count). The third-order valence-corrected chi connectivity index (χ3v) is 4.69. The molecule has 4 N–H and O–H groups in total. The van der Waals surface area contributed by atoms with Crippen molar-refractivity contribution >= 4 is 29.3 Å². The quantitative estimate of drug-likeness (QED) is 0.301. The maximum Gasteiger partial charge on any atom is 0.248 e. The second-order valence-corrected chi connectivity index (χ2v) is 7.01. The van der Waals surface area contributed by atoms with Gasteiger partial charge in [0.2, 0.25) is 11.9 Å². The van der Waals surface area contributed by atoms with Crippen LogP contribution in [0, 0.1) is 0 Å². The molecule has 0 unspecified atom stereocenters. The topological polar surface area (TPSA) is 106 Å². The number of carbonyl (C=O) groups is 1. The summed E-state index contributed by atoms with van der Waals surface area (Å²) in [6, 6.07) is 20.7. The number of rotatable bonds is 7. The molecule has 0 radical (unpaired) electrons. The number of nitrogens with zero attached hydrogens (tertiary/aromatic N) is 3. The monoisotopic (exact) mass is 422 g/mol. The first-order valence-electron chi connectivity index (χ1n) is 10.1. The highest BCUT2D eigenvalue weighted by atomic mass is 16.1. The molecule has 2 heterocycles. The van der Waals surface area contributed by atoms with Crippen LogP contribution in [0.2, 0.25) is 0 Å². The number of nitrogens with two attached hydrogens (primary N) is 1. The summed E-state index contributed by atoms with van der Waals surface area (Å²) >= 11 is 0. The zero-order valence-electron chi connectivity index (χ0n) is 17.3. The maximum atomic E-state index is 12.1. The van der Waals surface area contributed by atoms with Crippen molar-refractivity contribution < 1.29 is 4.79 Å². The second kappa shape index (κ2) is 9.99. The highest BCUT2D eigenvalue weighted by Crippen LogP contribution is 2.17. The highest BCUT2D eigenvalue weighted by molar-refractivity contribution is 6.03. The van der Waals surface area contributed by atoms with E-state index < -0.39 is 0 Å². The van der Waals surface area contributed by atoms with Crippen LogP contribution >= 0.6 is 0 Å². The lowest BCUT2D eigenvalue weighted by Crippen LogP contribution is -2.09. The molecule has 7 nitrogen and oxygen atoms in total. The third kappa shape index (κ3) is 5.54. The zero-order valence-corrected chi connectivity index (χ0v) is 17.3. The van der Waals surface area contributed by atoms with Crippen LogP contribution in [0.15, 0.2) is 91.4 Å². The van der Waals surface area contributed by atoms with Crippen molar-refractivity contribution in [3.63, 3.8) is 0 Å². The fraction of sp³-hybridized carbons (Fsp3) is 0.0400. The summed E-state index contributed by atoms with van der Waals surface area (Å²) in [6.45, 7) is 0.578. The van der Waals surface area contributed by atoms with E-state index in [0.29, 0.717) is 23.9 Å². The van der Waals surface area contributed by atoms with Gasteiger partial charge in [-0.15, -0.1) is 0 Å². The van der Waals surface area contributed by atoms with Crippen LogP contribution < -0.4 is 16.4 Å². The number of pyridine rings is 1. The van der Waals surface area contributed by atoms with Crippen LogP contribution in [-0.2, 0) is 11.3 Å². The van der Waals surface area contributed by atoms with Gasteiger partial charge in [-0.3, -0.25) is 9.78 Å². The molecule has 0 aliphatic heterocycles. The predicted octanol–water partition coefficient (Wildman–Crippen LogP) is 4.38. The number of nitrogen functional groups attached to an aromatic ring is 1. The van der Waals surface area contributed by atoms with E-state index in [0.717, 1.165) is 22.4 Å². The van der Waals surface area contributed by atoms with Gasteiger partial charge in [0.15, 0.2) is 0 Å².